The number of rotatable bonds is 12. The zero-order valence-corrected chi connectivity index (χ0v) is 20.1. The molecule has 37 heavy (non-hydrogen) atoms. The maximum atomic E-state index is 12.8. The Balaban J connectivity index is 1.78. The molecule has 0 aliphatic rings. The van der Waals surface area contributed by atoms with Gasteiger partial charge in [0.1, 0.15) is 19.3 Å². The molecule has 0 bridgehead atoms. The monoisotopic (exact) mass is 506 g/mol. The molecule has 3 rings (SSSR count). The Bertz CT molecular complexity index is 1160. The van der Waals surface area contributed by atoms with Crippen LogP contribution in [0.4, 0.5) is 0 Å². The van der Waals surface area contributed by atoms with Crippen LogP contribution in [0.15, 0.2) is 91.0 Å². The average molecular weight is 507 g/mol. The summed E-state index contributed by atoms with van der Waals surface area (Å²) in [6.07, 6.45) is -2.34. The highest BCUT2D eigenvalue weighted by Crippen LogP contribution is 2.14. The zero-order chi connectivity index (χ0) is 26.5. The number of esters is 4. The molecule has 0 fully saturated rings. The Hall–Kier alpha value is -4.50. The van der Waals surface area contributed by atoms with Gasteiger partial charge in [-0.15, -0.1) is 0 Å². The molecule has 0 amide bonds. The highest BCUT2D eigenvalue weighted by molar-refractivity contribution is 5.90. The number of ether oxygens (including phenoxy) is 5. The van der Waals surface area contributed by atoms with E-state index < -0.39 is 49.5 Å². The maximum Gasteiger partial charge on any atom is 0.338 e. The number of benzene rings is 3. The van der Waals surface area contributed by atoms with Crippen molar-refractivity contribution in [2.75, 3.05) is 20.0 Å². The van der Waals surface area contributed by atoms with E-state index in [1.165, 1.54) is 6.92 Å². The predicted octanol–water partition coefficient (Wildman–Crippen LogP) is 3.83. The number of hydrogen-bond donors (Lipinski definition) is 0. The molecule has 0 aromatic heterocycles. The van der Waals surface area contributed by atoms with Crippen LogP contribution in [0.5, 0.6) is 0 Å². The summed E-state index contributed by atoms with van der Waals surface area (Å²) in [5, 5.41) is 0. The van der Waals surface area contributed by atoms with Crippen LogP contribution in [0.1, 0.15) is 38.0 Å². The minimum absolute atomic E-state index is 0.252. The smallest absolute Gasteiger partial charge is 0.338 e. The first-order valence-corrected chi connectivity index (χ1v) is 11.4. The maximum absolute atomic E-state index is 12.8. The van der Waals surface area contributed by atoms with E-state index in [9.17, 15) is 19.2 Å². The van der Waals surface area contributed by atoms with Gasteiger partial charge in [0.05, 0.1) is 16.7 Å². The molecule has 2 atom stereocenters. The van der Waals surface area contributed by atoms with E-state index in [1.807, 2.05) is 0 Å². The van der Waals surface area contributed by atoms with Gasteiger partial charge in [-0.25, -0.2) is 14.4 Å². The van der Waals surface area contributed by atoms with Crippen molar-refractivity contribution in [2.24, 2.45) is 0 Å². The van der Waals surface area contributed by atoms with E-state index >= 15 is 0 Å². The van der Waals surface area contributed by atoms with Crippen molar-refractivity contribution in [2.45, 2.75) is 19.1 Å². The molecule has 0 aliphatic carbocycles. The lowest BCUT2D eigenvalue weighted by Gasteiger charge is -2.26. The second kappa shape index (κ2) is 14.2. The first-order valence-electron chi connectivity index (χ1n) is 11.4. The molecule has 9 nitrogen and oxygen atoms in total. The Morgan fingerprint density at radius 2 is 0.973 bits per heavy atom. The van der Waals surface area contributed by atoms with Crippen LogP contribution in [0.25, 0.3) is 0 Å². The van der Waals surface area contributed by atoms with Crippen LogP contribution in [0.3, 0.4) is 0 Å². The predicted molar refractivity (Wildman–Crippen MR) is 131 cm³/mol. The van der Waals surface area contributed by atoms with Crippen LogP contribution >= 0.6 is 0 Å². The summed E-state index contributed by atoms with van der Waals surface area (Å²) in [5.41, 5.74) is 0.847. The molecule has 192 valence electrons. The van der Waals surface area contributed by atoms with Gasteiger partial charge in [-0.05, 0) is 36.4 Å². The van der Waals surface area contributed by atoms with Crippen LogP contribution in [0.2, 0.25) is 0 Å². The summed E-state index contributed by atoms with van der Waals surface area (Å²) >= 11 is 0. The van der Waals surface area contributed by atoms with Crippen molar-refractivity contribution in [3.05, 3.63) is 108 Å². The highest BCUT2D eigenvalue weighted by atomic mass is 16.7. The topological polar surface area (TPSA) is 114 Å². The van der Waals surface area contributed by atoms with Crippen molar-refractivity contribution in [1.29, 1.82) is 0 Å². The van der Waals surface area contributed by atoms with Gasteiger partial charge in [0.2, 0.25) is 0 Å². The van der Waals surface area contributed by atoms with E-state index in [0.717, 1.165) is 0 Å². The lowest BCUT2D eigenvalue weighted by molar-refractivity contribution is -0.171. The number of carbonyl (C=O) groups excluding carboxylic acids is 4. The molecule has 3 aromatic carbocycles. The minimum atomic E-state index is -1.21. The zero-order valence-electron chi connectivity index (χ0n) is 20.1. The Labute approximate surface area is 213 Å². The van der Waals surface area contributed by atoms with Crippen LogP contribution < -0.4 is 0 Å². The summed E-state index contributed by atoms with van der Waals surface area (Å²) in [4.78, 5) is 49.1. The first kappa shape index (κ1) is 27.1. The van der Waals surface area contributed by atoms with Gasteiger partial charge < -0.3 is 23.7 Å². The van der Waals surface area contributed by atoms with Gasteiger partial charge in [-0.2, -0.15) is 0 Å². The van der Waals surface area contributed by atoms with Gasteiger partial charge in [-0.1, -0.05) is 54.6 Å². The number of carbonyl (C=O) groups is 4. The Morgan fingerprint density at radius 3 is 1.41 bits per heavy atom. The van der Waals surface area contributed by atoms with Crippen molar-refractivity contribution < 1.29 is 42.9 Å². The van der Waals surface area contributed by atoms with Crippen LogP contribution in [-0.2, 0) is 28.5 Å². The van der Waals surface area contributed by atoms with Crippen molar-refractivity contribution in [3.8, 4) is 0 Å². The van der Waals surface area contributed by atoms with Gasteiger partial charge in [0.15, 0.2) is 12.9 Å². The van der Waals surface area contributed by atoms with E-state index in [0.29, 0.717) is 11.1 Å². The normalized spacial score (nSPS) is 12.0. The second-order valence-electron chi connectivity index (χ2n) is 7.70. The largest absolute Gasteiger partial charge is 0.459 e. The molecule has 0 saturated carbocycles. The fraction of sp³-hybridized carbons (Fsp3) is 0.214. The molecule has 2 unspecified atom stereocenters. The summed E-state index contributed by atoms with van der Waals surface area (Å²) in [6.45, 7) is -0.109. The van der Waals surface area contributed by atoms with Crippen molar-refractivity contribution in [3.63, 3.8) is 0 Å². The molecule has 0 spiro atoms. The molecule has 9 heteroatoms. The molecular formula is C28H26O9. The van der Waals surface area contributed by atoms with E-state index in [-0.39, 0.29) is 12.2 Å². The summed E-state index contributed by atoms with van der Waals surface area (Å²) in [7, 11) is 0. The van der Waals surface area contributed by atoms with E-state index in [1.54, 1.807) is 91.0 Å². The fourth-order valence-corrected chi connectivity index (χ4v) is 3.09. The average Bonchev–Trinajstić information content (AvgIpc) is 2.93. The standard InChI is InChI=1S/C28H26O9/c1-20(29)35-19-36-24(17-33-26(30)21-11-5-2-6-12-21)25(37-28(32)23-15-9-4-10-16-23)18-34-27(31)22-13-7-3-8-14-22/h2-16,24-25H,17-19H2,1H3. The molecule has 0 aliphatic heterocycles. The van der Waals surface area contributed by atoms with Gasteiger partial charge in [0, 0.05) is 6.92 Å². The van der Waals surface area contributed by atoms with Crippen molar-refractivity contribution in [1.82, 2.24) is 0 Å². The van der Waals surface area contributed by atoms with Crippen LogP contribution in [-0.4, -0.2) is 56.1 Å². The van der Waals surface area contributed by atoms with E-state index in [2.05, 4.69) is 0 Å². The first-order chi connectivity index (χ1) is 17.9. The quantitative estimate of drug-likeness (QED) is 0.205. The lowest BCUT2D eigenvalue weighted by Crippen LogP contribution is -2.42. The van der Waals surface area contributed by atoms with Crippen molar-refractivity contribution >= 4 is 23.9 Å². The molecule has 0 radical (unpaired) electrons. The molecular weight excluding hydrogens is 480 g/mol. The summed E-state index contributed by atoms with van der Waals surface area (Å²) in [6, 6.07) is 24.7. The molecule has 3 aromatic rings. The minimum Gasteiger partial charge on any atom is -0.459 e. The third kappa shape index (κ3) is 8.90. The molecule has 0 heterocycles. The third-order valence-corrected chi connectivity index (χ3v) is 5.00. The van der Waals surface area contributed by atoms with E-state index in [4.69, 9.17) is 23.7 Å². The lowest BCUT2D eigenvalue weighted by atomic mass is 10.2. The van der Waals surface area contributed by atoms with Crippen LogP contribution in [0, 0.1) is 0 Å². The summed E-state index contributed by atoms with van der Waals surface area (Å²) in [5.74, 6) is -2.61. The summed E-state index contributed by atoms with van der Waals surface area (Å²) < 4.78 is 26.8. The van der Waals surface area contributed by atoms with Gasteiger partial charge >= 0.3 is 23.9 Å². The third-order valence-electron chi connectivity index (χ3n) is 5.00. The Morgan fingerprint density at radius 1 is 0.568 bits per heavy atom. The fourth-order valence-electron chi connectivity index (χ4n) is 3.09. The van der Waals surface area contributed by atoms with Gasteiger partial charge in [0.25, 0.3) is 0 Å². The highest BCUT2D eigenvalue weighted by Gasteiger charge is 2.30. The molecule has 0 N–H and O–H groups in total. The van der Waals surface area contributed by atoms with Gasteiger partial charge in [-0.3, -0.25) is 4.79 Å². The second-order valence-corrected chi connectivity index (χ2v) is 7.70. The SMILES string of the molecule is CC(=O)OCOC(COC(=O)c1ccccc1)C(COC(=O)c1ccccc1)OC(=O)c1ccccc1. The molecule has 0 saturated heterocycles. The Kier molecular flexibility index (Phi) is 10.4. The number of hydrogen-bond acceptors (Lipinski definition) is 9.